The second kappa shape index (κ2) is 3.65. The highest BCUT2D eigenvalue weighted by molar-refractivity contribution is 4.96. The molecular formula is C10H17N3. The summed E-state index contributed by atoms with van der Waals surface area (Å²) in [6.45, 7) is 5.63. The Balaban J connectivity index is 1.90. The first-order chi connectivity index (χ1) is 6.29. The topological polar surface area (TPSA) is 39.1 Å². The Labute approximate surface area is 79.7 Å². The van der Waals surface area contributed by atoms with E-state index in [9.17, 15) is 0 Å². The molecule has 0 saturated carbocycles. The molecule has 1 N–H and O–H groups in total. The normalized spacial score (nSPS) is 39.8. The number of fused-ring (bicyclic) bond motifs is 3. The third-order valence-corrected chi connectivity index (χ3v) is 3.31. The molecule has 2 bridgehead atoms. The van der Waals surface area contributed by atoms with Gasteiger partial charge >= 0.3 is 0 Å². The molecular weight excluding hydrogens is 162 g/mol. The van der Waals surface area contributed by atoms with Gasteiger partial charge in [-0.15, -0.1) is 0 Å². The summed E-state index contributed by atoms with van der Waals surface area (Å²) in [4.78, 5) is 2.50. The molecule has 3 heteroatoms. The molecule has 2 unspecified atom stereocenters. The van der Waals surface area contributed by atoms with E-state index in [1.807, 2.05) is 6.92 Å². The summed E-state index contributed by atoms with van der Waals surface area (Å²) >= 11 is 0. The number of nitrogens with zero attached hydrogens (tertiary/aromatic N) is 2. The third-order valence-electron chi connectivity index (χ3n) is 3.31. The minimum Gasteiger partial charge on any atom is -0.302 e. The first-order valence-electron chi connectivity index (χ1n) is 5.17. The van der Waals surface area contributed by atoms with Gasteiger partial charge in [0.25, 0.3) is 0 Å². The van der Waals surface area contributed by atoms with E-state index in [2.05, 4.69) is 16.3 Å². The molecule has 0 aromatic carbocycles. The van der Waals surface area contributed by atoms with Crippen LogP contribution < -0.4 is 5.32 Å². The van der Waals surface area contributed by atoms with E-state index in [1.165, 1.54) is 25.9 Å². The largest absolute Gasteiger partial charge is 0.302 e. The highest BCUT2D eigenvalue weighted by Gasteiger charge is 2.34. The Kier molecular flexibility index (Phi) is 2.52. The minimum atomic E-state index is 0.00514. The lowest BCUT2D eigenvalue weighted by Crippen LogP contribution is -2.57. The van der Waals surface area contributed by atoms with Crippen LogP contribution in [0, 0.1) is 17.2 Å². The van der Waals surface area contributed by atoms with E-state index in [4.69, 9.17) is 5.26 Å². The summed E-state index contributed by atoms with van der Waals surface area (Å²) in [5, 5.41) is 12.1. The predicted octanol–water partition coefficient (Wildman–Crippen LogP) is 0.582. The highest BCUT2D eigenvalue weighted by Crippen LogP contribution is 2.27. The van der Waals surface area contributed by atoms with Crippen molar-refractivity contribution in [3.63, 3.8) is 0 Å². The molecule has 3 heterocycles. The zero-order valence-corrected chi connectivity index (χ0v) is 8.16. The summed E-state index contributed by atoms with van der Waals surface area (Å²) in [5.74, 6) is 0.820. The molecule has 0 aromatic rings. The Bertz CT molecular complexity index is 213. The second-order valence-corrected chi connectivity index (χ2v) is 4.26. The monoisotopic (exact) mass is 179 g/mol. The average Bonchev–Trinajstić information content (AvgIpc) is 2.19. The number of nitrogens with one attached hydrogen (secondary N) is 1. The van der Waals surface area contributed by atoms with Gasteiger partial charge in [-0.2, -0.15) is 5.26 Å². The second-order valence-electron chi connectivity index (χ2n) is 4.26. The smallest absolute Gasteiger partial charge is 0.0927 e. The molecule has 0 aromatic heterocycles. The fourth-order valence-corrected chi connectivity index (χ4v) is 2.51. The third kappa shape index (κ3) is 1.84. The van der Waals surface area contributed by atoms with Gasteiger partial charge in [-0.3, -0.25) is 5.32 Å². The molecule has 3 saturated heterocycles. The fourth-order valence-electron chi connectivity index (χ4n) is 2.51. The molecule has 2 atom stereocenters. The van der Waals surface area contributed by atoms with Crippen LogP contribution in [0.3, 0.4) is 0 Å². The first kappa shape index (κ1) is 8.98. The van der Waals surface area contributed by atoms with Gasteiger partial charge < -0.3 is 4.90 Å². The van der Waals surface area contributed by atoms with Crippen molar-refractivity contribution in [2.24, 2.45) is 5.92 Å². The van der Waals surface area contributed by atoms with E-state index in [-0.39, 0.29) is 6.04 Å². The molecule has 3 fully saturated rings. The summed E-state index contributed by atoms with van der Waals surface area (Å²) < 4.78 is 0. The van der Waals surface area contributed by atoms with Crippen molar-refractivity contribution in [1.29, 1.82) is 5.26 Å². The number of rotatable bonds is 2. The van der Waals surface area contributed by atoms with Crippen molar-refractivity contribution < 1.29 is 0 Å². The van der Waals surface area contributed by atoms with E-state index in [1.54, 1.807) is 0 Å². The van der Waals surface area contributed by atoms with Gasteiger partial charge in [0.1, 0.15) is 0 Å². The van der Waals surface area contributed by atoms with Crippen molar-refractivity contribution in [3.8, 4) is 6.07 Å². The zero-order valence-electron chi connectivity index (χ0n) is 8.16. The van der Waals surface area contributed by atoms with Crippen molar-refractivity contribution in [3.05, 3.63) is 0 Å². The molecule has 3 aliphatic heterocycles. The Morgan fingerprint density at radius 1 is 1.46 bits per heavy atom. The lowest BCUT2D eigenvalue weighted by molar-refractivity contribution is 0.0708. The summed E-state index contributed by atoms with van der Waals surface area (Å²) in [7, 11) is 0. The Morgan fingerprint density at radius 2 is 2.15 bits per heavy atom. The van der Waals surface area contributed by atoms with Gasteiger partial charge in [-0.1, -0.05) is 0 Å². The van der Waals surface area contributed by atoms with E-state index >= 15 is 0 Å². The van der Waals surface area contributed by atoms with Crippen LogP contribution in [0.25, 0.3) is 0 Å². The summed E-state index contributed by atoms with van der Waals surface area (Å²) in [6.07, 6.45) is 2.63. The molecule has 0 aliphatic carbocycles. The quantitative estimate of drug-likeness (QED) is 0.674. The predicted molar refractivity (Wildman–Crippen MR) is 51.2 cm³/mol. The van der Waals surface area contributed by atoms with Crippen LogP contribution in [-0.4, -0.2) is 36.6 Å². The van der Waals surface area contributed by atoms with Gasteiger partial charge in [0.15, 0.2) is 0 Å². The van der Waals surface area contributed by atoms with Gasteiger partial charge in [0.05, 0.1) is 12.1 Å². The van der Waals surface area contributed by atoms with Gasteiger partial charge in [-0.05, 0) is 38.8 Å². The summed E-state index contributed by atoms with van der Waals surface area (Å²) in [5.41, 5.74) is 0. The van der Waals surface area contributed by atoms with Gasteiger partial charge in [0, 0.05) is 12.6 Å². The minimum absolute atomic E-state index is 0.00514. The van der Waals surface area contributed by atoms with Crippen molar-refractivity contribution >= 4 is 0 Å². The highest BCUT2D eigenvalue weighted by atomic mass is 15.2. The van der Waals surface area contributed by atoms with Crippen molar-refractivity contribution in [1.82, 2.24) is 10.2 Å². The number of hydrogen-bond donors (Lipinski definition) is 1. The maximum Gasteiger partial charge on any atom is 0.0927 e. The van der Waals surface area contributed by atoms with Gasteiger partial charge in [0.2, 0.25) is 0 Å². The van der Waals surface area contributed by atoms with Crippen LogP contribution >= 0.6 is 0 Å². The summed E-state index contributed by atoms with van der Waals surface area (Å²) in [6, 6.07) is 2.81. The zero-order chi connectivity index (χ0) is 9.26. The maximum absolute atomic E-state index is 8.71. The number of hydrogen-bond acceptors (Lipinski definition) is 3. The molecule has 0 radical (unpaired) electrons. The molecule has 3 rings (SSSR count). The Morgan fingerprint density at radius 3 is 2.62 bits per heavy atom. The molecule has 0 spiro atoms. The van der Waals surface area contributed by atoms with Crippen molar-refractivity contribution in [2.45, 2.75) is 31.8 Å². The van der Waals surface area contributed by atoms with Crippen LogP contribution in [-0.2, 0) is 0 Å². The fraction of sp³-hybridized carbons (Fsp3) is 0.900. The van der Waals surface area contributed by atoms with Crippen LogP contribution in [0.1, 0.15) is 19.8 Å². The van der Waals surface area contributed by atoms with Gasteiger partial charge in [-0.25, -0.2) is 0 Å². The number of nitriles is 1. The first-order valence-corrected chi connectivity index (χ1v) is 5.17. The molecule has 3 aliphatic rings. The lowest BCUT2D eigenvalue weighted by atomic mass is 9.84. The molecule has 0 amide bonds. The van der Waals surface area contributed by atoms with Crippen LogP contribution in [0.2, 0.25) is 0 Å². The van der Waals surface area contributed by atoms with Crippen molar-refractivity contribution in [2.75, 3.05) is 19.6 Å². The van der Waals surface area contributed by atoms with E-state index in [0.29, 0.717) is 6.04 Å². The lowest BCUT2D eigenvalue weighted by Gasteiger charge is -2.45. The molecule has 3 nitrogen and oxygen atoms in total. The molecule has 13 heavy (non-hydrogen) atoms. The van der Waals surface area contributed by atoms with Crippen LogP contribution in [0.15, 0.2) is 0 Å². The van der Waals surface area contributed by atoms with Crippen LogP contribution in [0.5, 0.6) is 0 Å². The SMILES string of the molecule is CC(C#N)NC1CN2CCC1CC2. The maximum atomic E-state index is 8.71. The van der Waals surface area contributed by atoms with E-state index < -0.39 is 0 Å². The van der Waals surface area contributed by atoms with Crippen LogP contribution in [0.4, 0.5) is 0 Å². The van der Waals surface area contributed by atoms with E-state index in [0.717, 1.165) is 12.5 Å². The average molecular weight is 179 g/mol. The number of piperidine rings is 3. The molecule has 72 valence electrons. The standard InChI is InChI=1S/C10H17N3/c1-8(6-11)12-10-7-13-4-2-9(10)3-5-13/h8-10,12H,2-5,7H2,1H3. The Hall–Kier alpha value is -0.590.